The summed E-state index contributed by atoms with van der Waals surface area (Å²) in [6.07, 6.45) is -4.02. The molecule has 2 aromatic rings. The summed E-state index contributed by atoms with van der Waals surface area (Å²) in [5.74, 6) is -1.08. The van der Waals surface area contributed by atoms with Gasteiger partial charge in [0.15, 0.2) is 0 Å². The van der Waals surface area contributed by atoms with Crippen LogP contribution in [0.15, 0.2) is 12.3 Å². The van der Waals surface area contributed by atoms with Gasteiger partial charge in [-0.2, -0.15) is 18.3 Å². The van der Waals surface area contributed by atoms with Crippen LogP contribution in [0, 0.1) is 10.1 Å². The monoisotopic (exact) mass is 474 g/mol. The zero-order chi connectivity index (χ0) is 22.1. The molecular weight excluding hydrogens is 464 g/mol. The number of nitrogens with one attached hydrogen (secondary N) is 1. The number of hydrogen-bond donors (Lipinski definition) is 1. The van der Waals surface area contributed by atoms with E-state index >= 15 is 0 Å². The summed E-state index contributed by atoms with van der Waals surface area (Å²) < 4.78 is 44.9. The first-order valence-electron chi connectivity index (χ1n) is 7.80. The number of alkyl halides is 3. The number of hydrogen-bond acceptors (Lipinski definition) is 6. The maximum atomic E-state index is 13.1. The molecule has 0 saturated heterocycles. The van der Waals surface area contributed by atoms with E-state index in [9.17, 15) is 28.1 Å². The number of aromatic nitrogens is 2. The average Bonchev–Trinajstić information content (AvgIpc) is 3.01. The van der Waals surface area contributed by atoms with Crippen molar-refractivity contribution >= 4 is 52.3 Å². The zero-order valence-corrected chi connectivity index (χ0v) is 16.9. The summed E-state index contributed by atoms with van der Waals surface area (Å²) in [4.78, 5) is 22.4. The van der Waals surface area contributed by atoms with Crippen LogP contribution in [0.1, 0.15) is 19.4 Å². The third-order valence-corrected chi connectivity index (χ3v) is 4.74. The molecule has 1 unspecified atom stereocenters. The molecule has 8 nitrogen and oxygen atoms in total. The van der Waals surface area contributed by atoms with Gasteiger partial charge in [0.2, 0.25) is 5.82 Å². The largest absolute Gasteiger partial charge is 0.464 e. The first-order valence-corrected chi connectivity index (χ1v) is 8.94. The number of carbonyl (C=O) groups excluding carboxylic acids is 1. The molecule has 0 amide bonds. The summed E-state index contributed by atoms with van der Waals surface area (Å²) in [5.41, 5.74) is -2.20. The van der Waals surface area contributed by atoms with Crippen molar-refractivity contribution in [1.82, 2.24) is 9.78 Å². The average molecular weight is 476 g/mol. The quantitative estimate of drug-likeness (QED) is 0.269. The van der Waals surface area contributed by atoms with Crippen LogP contribution in [0.2, 0.25) is 15.1 Å². The van der Waals surface area contributed by atoms with E-state index in [1.54, 1.807) is 6.92 Å². The Morgan fingerprint density at radius 2 is 2.00 bits per heavy atom. The molecule has 0 bridgehead atoms. The highest BCUT2D eigenvalue weighted by atomic mass is 35.5. The second-order valence-corrected chi connectivity index (χ2v) is 6.71. The van der Waals surface area contributed by atoms with Gasteiger partial charge in [0, 0.05) is 0 Å². The number of esters is 1. The lowest BCUT2D eigenvalue weighted by Gasteiger charge is -2.18. The lowest BCUT2D eigenvalue weighted by atomic mass is 10.2. The van der Waals surface area contributed by atoms with Crippen molar-refractivity contribution in [2.75, 3.05) is 11.9 Å². The van der Waals surface area contributed by atoms with Gasteiger partial charge in [0.25, 0.3) is 0 Å². The molecule has 0 aliphatic carbocycles. The van der Waals surface area contributed by atoms with Gasteiger partial charge < -0.3 is 10.1 Å². The van der Waals surface area contributed by atoms with Gasteiger partial charge in [0.05, 0.1) is 32.2 Å². The van der Waals surface area contributed by atoms with Gasteiger partial charge in [-0.15, -0.1) is 0 Å². The Labute approximate surface area is 176 Å². The Hall–Kier alpha value is -2.24. The smallest absolute Gasteiger partial charge is 0.417 e. The normalized spacial score (nSPS) is 12.6. The van der Waals surface area contributed by atoms with Gasteiger partial charge in [-0.3, -0.25) is 10.1 Å². The van der Waals surface area contributed by atoms with E-state index in [0.29, 0.717) is 6.07 Å². The van der Waals surface area contributed by atoms with Crippen molar-refractivity contribution in [3.63, 3.8) is 0 Å². The number of nitro groups is 1. The Balaban J connectivity index is 2.66. The molecule has 1 atom stereocenters. The molecule has 1 heterocycles. The number of anilines is 1. The molecule has 0 spiro atoms. The molecule has 1 N–H and O–H groups in total. The van der Waals surface area contributed by atoms with E-state index in [4.69, 9.17) is 39.5 Å². The summed E-state index contributed by atoms with van der Waals surface area (Å²) in [5, 5.41) is 15.6. The number of benzene rings is 1. The summed E-state index contributed by atoms with van der Waals surface area (Å²) in [6.45, 7) is 3.00. The fraction of sp³-hybridized carbons (Fsp3) is 0.333. The molecule has 158 valence electrons. The van der Waals surface area contributed by atoms with Crippen LogP contribution in [0.5, 0.6) is 0 Å². The SMILES string of the molecule is CCOC(=O)C(C)Nc1c([N+](=O)[O-])cnn1-c1c(Cl)cc(C(F)(F)F)c(Cl)c1Cl. The van der Waals surface area contributed by atoms with Crippen molar-refractivity contribution in [3.8, 4) is 5.69 Å². The molecule has 29 heavy (non-hydrogen) atoms. The number of rotatable bonds is 6. The Kier molecular flexibility index (Phi) is 6.86. The van der Waals surface area contributed by atoms with Crippen molar-refractivity contribution in [3.05, 3.63) is 43.0 Å². The van der Waals surface area contributed by atoms with Gasteiger partial charge in [-0.05, 0) is 19.9 Å². The van der Waals surface area contributed by atoms with E-state index in [1.807, 2.05) is 0 Å². The van der Waals surface area contributed by atoms with Crippen LogP contribution < -0.4 is 5.32 Å². The fourth-order valence-electron chi connectivity index (χ4n) is 2.30. The van der Waals surface area contributed by atoms with E-state index in [1.165, 1.54) is 6.92 Å². The highest BCUT2D eigenvalue weighted by Gasteiger charge is 2.37. The number of carbonyl (C=O) groups is 1. The molecule has 1 aromatic heterocycles. The molecule has 1 aromatic carbocycles. The third-order valence-electron chi connectivity index (χ3n) is 3.59. The molecule has 2 rings (SSSR count). The Morgan fingerprint density at radius 1 is 1.38 bits per heavy atom. The minimum absolute atomic E-state index is 0.0678. The predicted octanol–water partition coefficient (Wildman–Crippen LogP) is 5.12. The van der Waals surface area contributed by atoms with Crippen LogP contribution >= 0.6 is 34.8 Å². The van der Waals surface area contributed by atoms with Crippen LogP contribution in [-0.4, -0.2) is 33.3 Å². The van der Waals surface area contributed by atoms with Crippen LogP contribution in [0.4, 0.5) is 24.7 Å². The topological polar surface area (TPSA) is 99.3 Å². The van der Waals surface area contributed by atoms with Gasteiger partial charge >= 0.3 is 17.8 Å². The summed E-state index contributed by atoms with van der Waals surface area (Å²) in [7, 11) is 0. The third kappa shape index (κ3) is 4.68. The second kappa shape index (κ2) is 8.64. The van der Waals surface area contributed by atoms with E-state index in [0.717, 1.165) is 10.9 Å². The highest BCUT2D eigenvalue weighted by molar-refractivity contribution is 6.45. The summed E-state index contributed by atoms with van der Waals surface area (Å²) >= 11 is 17.7. The van der Waals surface area contributed by atoms with Crippen LogP contribution in [0.3, 0.4) is 0 Å². The number of halogens is 6. The van der Waals surface area contributed by atoms with Crippen molar-refractivity contribution in [2.45, 2.75) is 26.1 Å². The van der Waals surface area contributed by atoms with E-state index in [-0.39, 0.29) is 18.1 Å². The van der Waals surface area contributed by atoms with E-state index in [2.05, 4.69) is 10.4 Å². The fourth-order valence-corrected chi connectivity index (χ4v) is 3.16. The van der Waals surface area contributed by atoms with Crippen molar-refractivity contribution in [1.29, 1.82) is 0 Å². The van der Waals surface area contributed by atoms with Crippen molar-refractivity contribution < 1.29 is 27.6 Å². The van der Waals surface area contributed by atoms with E-state index < -0.39 is 49.4 Å². The Morgan fingerprint density at radius 3 is 2.52 bits per heavy atom. The maximum absolute atomic E-state index is 13.1. The maximum Gasteiger partial charge on any atom is 0.417 e. The minimum atomic E-state index is -4.83. The van der Waals surface area contributed by atoms with Crippen molar-refractivity contribution in [2.24, 2.45) is 0 Å². The molecule has 0 fully saturated rings. The molecular formula is C15H12Cl3F3N4O4. The van der Waals surface area contributed by atoms with Crippen LogP contribution in [-0.2, 0) is 15.7 Å². The molecule has 0 radical (unpaired) electrons. The number of ether oxygens (including phenoxy) is 1. The molecule has 0 aliphatic heterocycles. The molecule has 0 saturated carbocycles. The van der Waals surface area contributed by atoms with Gasteiger partial charge in [-0.1, -0.05) is 34.8 Å². The minimum Gasteiger partial charge on any atom is -0.464 e. The number of nitrogens with zero attached hydrogens (tertiary/aromatic N) is 3. The second-order valence-electron chi connectivity index (χ2n) is 5.55. The first kappa shape index (κ1) is 23.0. The zero-order valence-electron chi connectivity index (χ0n) is 14.7. The lowest BCUT2D eigenvalue weighted by Crippen LogP contribution is -2.29. The van der Waals surface area contributed by atoms with Gasteiger partial charge in [0.1, 0.15) is 17.9 Å². The lowest BCUT2D eigenvalue weighted by molar-refractivity contribution is -0.384. The standard InChI is InChI=1S/C15H12Cl3F3N4O4/c1-3-29-14(26)6(2)23-13-9(25(27)28)5-22-24(13)12-8(16)4-7(15(19,20)21)10(17)11(12)18/h4-6,23H,3H2,1-2H3. The highest BCUT2D eigenvalue weighted by Crippen LogP contribution is 2.45. The Bertz CT molecular complexity index is 965. The molecule has 0 aliphatic rings. The van der Waals surface area contributed by atoms with Crippen LogP contribution in [0.25, 0.3) is 5.69 Å². The van der Waals surface area contributed by atoms with Gasteiger partial charge in [-0.25, -0.2) is 9.48 Å². The predicted molar refractivity (Wildman–Crippen MR) is 100.0 cm³/mol. The first-order chi connectivity index (χ1) is 13.4. The summed E-state index contributed by atoms with van der Waals surface area (Å²) in [6, 6.07) is -0.538. The molecule has 14 heteroatoms.